The first-order chi connectivity index (χ1) is 20.3. The molecule has 2 aliphatic heterocycles. The molecule has 1 N–H and O–H groups in total. The van der Waals surface area contributed by atoms with E-state index in [1.165, 1.54) is 36.7 Å². The molecule has 0 radical (unpaired) electrons. The van der Waals surface area contributed by atoms with Gasteiger partial charge in [-0.25, -0.2) is 23.7 Å². The van der Waals surface area contributed by atoms with Gasteiger partial charge in [0.05, 0.1) is 36.0 Å². The van der Waals surface area contributed by atoms with Crippen molar-refractivity contribution in [3.05, 3.63) is 57.3 Å². The van der Waals surface area contributed by atoms with Crippen molar-refractivity contribution in [1.29, 1.82) is 0 Å². The molecule has 1 aromatic carbocycles. The summed E-state index contributed by atoms with van der Waals surface area (Å²) in [5, 5.41) is 9.56. The minimum Gasteiger partial charge on any atom is -0.481 e. The van der Waals surface area contributed by atoms with Crippen molar-refractivity contribution in [2.75, 3.05) is 31.1 Å². The van der Waals surface area contributed by atoms with Crippen LogP contribution in [0, 0.1) is 12.8 Å². The monoisotopic (exact) mass is 623 g/mol. The first-order valence-corrected chi connectivity index (χ1v) is 14.7. The Morgan fingerprint density at radius 1 is 1.07 bits per heavy atom. The molecule has 230 valence electrons. The molecule has 0 atom stereocenters. The number of Topliss-reactive ketones (excluding diaryl/α,β-unsaturated/α-hetero) is 1. The molecule has 0 unspecified atom stereocenters. The number of piperidine rings is 2. The van der Waals surface area contributed by atoms with Crippen LogP contribution in [0.3, 0.4) is 0 Å². The molecule has 3 aromatic rings. The summed E-state index contributed by atoms with van der Waals surface area (Å²) in [6.07, 6.45) is -1.56. The van der Waals surface area contributed by atoms with Crippen LogP contribution in [0.4, 0.5) is 27.8 Å². The number of likely N-dealkylation sites (tertiary alicyclic amines) is 1. The van der Waals surface area contributed by atoms with Gasteiger partial charge in [0.25, 0.3) is 5.92 Å². The van der Waals surface area contributed by atoms with Crippen molar-refractivity contribution in [1.82, 2.24) is 19.9 Å². The van der Waals surface area contributed by atoms with Crippen LogP contribution in [0.1, 0.15) is 57.2 Å². The molecule has 5 rings (SSSR count). The molecule has 2 saturated heterocycles. The van der Waals surface area contributed by atoms with Crippen molar-refractivity contribution in [2.45, 2.75) is 57.7 Å². The van der Waals surface area contributed by atoms with Crippen molar-refractivity contribution < 1.29 is 36.6 Å². The number of benzene rings is 1. The van der Waals surface area contributed by atoms with Gasteiger partial charge >= 0.3 is 12.1 Å². The molecule has 2 aromatic heterocycles. The van der Waals surface area contributed by atoms with Crippen molar-refractivity contribution in [3.63, 3.8) is 0 Å². The van der Waals surface area contributed by atoms with E-state index in [2.05, 4.69) is 15.0 Å². The van der Waals surface area contributed by atoms with E-state index in [0.29, 0.717) is 47.3 Å². The second-order valence-corrected chi connectivity index (χ2v) is 12.2. The maximum atomic E-state index is 13.7. The average Bonchev–Trinajstić information content (AvgIpc) is 3.35. The van der Waals surface area contributed by atoms with Crippen LogP contribution in [-0.2, 0) is 23.9 Å². The van der Waals surface area contributed by atoms with E-state index in [-0.39, 0.29) is 61.5 Å². The van der Waals surface area contributed by atoms with Crippen molar-refractivity contribution in [2.24, 2.45) is 5.92 Å². The highest BCUT2D eigenvalue weighted by atomic mass is 32.1. The van der Waals surface area contributed by atoms with Gasteiger partial charge in [0.2, 0.25) is 0 Å². The number of halogens is 5. The number of carbonyl (C=O) groups is 2. The summed E-state index contributed by atoms with van der Waals surface area (Å²) in [5.41, 5.74) is -0.102. The number of aromatic nitrogens is 3. The predicted octanol–water partition coefficient (Wildman–Crippen LogP) is 5.88. The van der Waals surface area contributed by atoms with E-state index < -0.39 is 29.5 Å². The lowest BCUT2D eigenvalue weighted by atomic mass is 9.97. The highest BCUT2D eigenvalue weighted by molar-refractivity contribution is 7.12. The second kappa shape index (κ2) is 12.2. The Morgan fingerprint density at radius 2 is 1.77 bits per heavy atom. The maximum absolute atomic E-state index is 13.7. The summed E-state index contributed by atoms with van der Waals surface area (Å²) >= 11 is 1.17. The number of aryl methyl sites for hydroxylation is 1. The molecule has 0 amide bonds. The SMILES string of the molecule is Cc1ccc(-c2nc(CC(=O)c3cnc(N4CCC(C(=O)O)CC4)cn3)sc2CN2CCC(F)(F)CC2)cc1C(F)(F)F. The number of aliphatic carboxylic acids is 1. The van der Waals surface area contributed by atoms with Crippen molar-refractivity contribution >= 4 is 28.9 Å². The fraction of sp³-hybridized carbons (Fsp3) is 0.483. The predicted molar refractivity (Wildman–Crippen MR) is 149 cm³/mol. The van der Waals surface area contributed by atoms with Gasteiger partial charge in [-0.05, 0) is 31.4 Å². The number of rotatable bonds is 8. The molecule has 0 aliphatic carbocycles. The van der Waals surface area contributed by atoms with Crippen LogP contribution in [0.15, 0.2) is 30.6 Å². The average molecular weight is 624 g/mol. The lowest BCUT2D eigenvalue weighted by molar-refractivity contribution is -0.142. The van der Waals surface area contributed by atoms with Crippen LogP contribution in [-0.4, -0.2) is 68.8 Å². The number of hydrogen-bond donors (Lipinski definition) is 1. The number of carboxylic acid groups (broad SMARTS) is 1. The van der Waals surface area contributed by atoms with E-state index in [9.17, 15) is 36.6 Å². The number of alkyl halides is 5. The summed E-state index contributed by atoms with van der Waals surface area (Å²) < 4.78 is 68.5. The zero-order chi connectivity index (χ0) is 30.9. The van der Waals surface area contributed by atoms with Gasteiger partial charge in [-0.1, -0.05) is 12.1 Å². The van der Waals surface area contributed by atoms with E-state index in [4.69, 9.17) is 0 Å². The zero-order valence-electron chi connectivity index (χ0n) is 23.3. The molecule has 0 spiro atoms. The molecule has 0 bridgehead atoms. The standard InChI is InChI=1S/C29H30F5N5O3S/c1-17-2-3-19(12-20(17)29(32,33)34)26-23(16-38-10-6-28(30,31)7-11-38)43-25(37-26)13-22(40)21-14-36-24(15-35-21)39-8-4-18(5-9-39)27(41)42/h2-3,12,14-15,18H,4-11,13,16H2,1H3,(H,41,42). The minimum absolute atomic E-state index is 0.0648. The molecule has 2 aliphatic rings. The Morgan fingerprint density at radius 3 is 2.37 bits per heavy atom. The Kier molecular flexibility index (Phi) is 8.80. The number of anilines is 1. The van der Waals surface area contributed by atoms with Gasteiger partial charge in [0.1, 0.15) is 16.5 Å². The molecule has 2 fully saturated rings. The maximum Gasteiger partial charge on any atom is 0.416 e. The fourth-order valence-electron chi connectivity index (χ4n) is 5.34. The van der Waals surface area contributed by atoms with Crippen LogP contribution in [0.2, 0.25) is 0 Å². The second-order valence-electron chi connectivity index (χ2n) is 11.0. The van der Waals surface area contributed by atoms with Gasteiger partial charge in [-0.15, -0.1) is 11.3 Å². The van der Waals surface area contributed by atoms with E-state index in [0.717, 1.165) is 6.07 Å². The number of carbonyl (C=O) groups excluding carboxylic acids is 1. The van der Waals surface area contributed by atoms with Crippen LogP contribution in [0.5, 0.6) is 0 Å². The largest absolute Gasteiger partial charge is 0.481 e. The number of hydrogen-bond acceptors (Lipinski definition) is 8. The smallest absolute Gasteiger partial charge is 0.416 e. The third-order valence-corrected chi connectivity index (χ3v) is 8.96. The highest BCUT2D eigenvalue weighted by Crippen LogP contribution is 2.38. The minimum atomic E-state index is -4.56. The quantitative estimate of drug-likeness (QED) is 0.245. The van der Waals surface area contributed by atoms with Crippen LogP contribution >= 0.6 is 11.3 Å². The van der Waals surface area contributed by atoms with Crippen LogP contribution < -0.4 is 4.90 Å². The van der Waals surface area contributed by atoms with Gasteiger partial charge in [-0.2, -0.15) is 13.2 Å². The van der Waals surface area contributed by atoms with E-state index in [1.54, 1.807) is 6.07 Å². The summed E-state index contributed by atoms with van der Waals surface area (Å²) in [5.74, 6) is -3.80. The normalized spacial score (nSPS) is 18.1. The Balaban J connectivity index is 1.35. The Labute approximate surface area is 248 Å². The summed E-state index contributed by atoms with van der Waals surface area (Å²) in [4.78, 5) is 41.8. The highest BCUT2D eigenvalue weighted by Gasteiger charge is 2.35. The van der Waals surface area contributed by atoms with Gasteiger partial charge in [0.15, 0.2) is 5.78 Å². The third-order valence-electron chi connectivity index (χ3n) is 7.92. The number of thiazole rings is 1. The zero-order valence-corrected chi connectivity index (χ0v) is 24.1. The third kappa shape index (κ3) is 7.35. The molecular weight excluding hydrogens is 593 g/mol. The van der Waals surface area contributed by atoms with Gasteiger partial charge < -0.3 is 10.0 Å². The number of nitrogens with zero attached hydrogens (tertiary/aromatic N) is 5. The topological polar surface area (TPSA) is 99.5 Å². The first-order valence-electron chi connectivity index (χ1n) is 13.9. The van der Waals surface area contributed by atoms with E-state index >= 15 is 0 Å². The Hall–Kier alpha value is -3.52. The lowest BCUT2D eigenvalue weighted by Crippen LogP contribution is -2.38. The summed E-state index contributed by atoms with van der Waals surface area (Å²) in [7, 11) is 0. The molecule has 8 nitrogen and oxygen atoms in total. The lowest BCUT2D eigenvalue weighted by Gasteiger charge is -2.31. The number of carboxylic acids is 1. The van der Waals surface area contributed by atoms with Crippen molar-refractivity contribution in [3.8, 4) is 11.3 Å². The molecule has 0 saturated carbocycles. The molecule has 43 heavy (non-hydrogen) atoms. The first kappa shape index (κ1) is 30.9. The summed E-state index contributed by atoms with van der Waals surface area (Å²) in [6.45, 7) is 2.88. The molecular formula is C29H30F5N5O3S. The van der Waals surface area contributed by atoms with Crippen LogP contribution in [0.25, 0.3) is 11.3 Å². The Bertz CT molecular complexity index is 1480. The van der Waals surface area contributed by atoms with Gasteiger partial charge in [0, 0.05) is 56.0 Å². The molecule has 4 heterocycles. The fourth-order valence-corrected chi connectivity index (χ4v) is 6.47. The van der Waals surface area contributed by atoms with E-state index in [1.807, 2.05) is 9.80 Å². The summed E-state index contributed by atoms with van der Waals surface area (Å²) in [6, 6.07) is 3.95. The molecule has 14 heteroatoms. The van der Waals surface area contributed by atoms with Gasteiger partial charge in [-0.3, -0.25) is 14.5 Å². The number of ketones is 1.